The summed E-state index contributed by atoms with van der Waals surface area (Å²) < 4.78 is 6.46. The predicted octanol–water partition coefficient (Wildman–Crippen LogP) is 5.49. The summed E-state index contributed by atoms with van der Waals surface area (Å²) in [6.45, 7) is 4.29. The number of rotatable bonds is 6. The zero-order valence-corrected chi connectivity index (χ0v) is 19.3. The Balaban J connectivity index is 1.47. The van der Waals surface area contributed by atoms with E-state index in [1.807, 2.05) is 68.4 Å². The van der Waals surface area contributed by atoms with Crippen LogP contribution >= 0.6 is 24.0 Å². The third kappa shape index (κ3) is 5.00. The lowest BCUT2D eigenvalue weighted by Gasteiger charge is -2.14. The van der Waals surface area contributed by atoms with E-state index in [2.05, 4.69) is 5.32 Å². The minimum absolute atomic E-state index is 0.0792. The number of amides is 2. The van der Waals surface area contributed by atoms with Crippen molar-refractivity contribution in [1.29, 1.82) is 0 Å². The maximum atomic E-state index is 12.8. The van der Waals surface area contributed by atoms with E-state index in [1.54, 1.807) is 23.1 Å². The van der Waals surface area contributed by atoms with Crippen LogP contribution in [0.15, 0.2) is 76.1 Å². The Morgan fingerprint density at radius 2 is 1.81 bits per heavy atom. The average molecular weight is 463 g/mol. The molecule has 32 heavy (non-hydrogen) atoms. The largest absolute Gasteiger partial charge is 0.457 e. The van der Waals surface area contributed by atoms with Crippen molar-refractivity contribution in [2.24, 2.45) is 0 Å². The molecular weight excluding hydrogens is 440 g/mol. The van der Waals surface area contributed by atoms with E-state index in [1.165, 1.54) is 11.8 Å². The summed E-state index contributed by atoms with van der Waals surface area (Å²) in [4.78, 5) is 27.1. The summed E-state index contributed by atoms with van der Waals surface area (Å²) >= 11 is 6.69. The molecule has 2 heterocycles. The van der Waals surface area contributed by atoms with Crippen molar-refractivity contribution in [3.05, 3.63) is 88.5 Å². The Morgan fingerprint density at radius 1 is 1.09 bits per heavy atom. The van der Waals surface area contributed by atoms with Crippen molar-refractivity contribution in [2.75, 3.05) is 0 Å². The van der Waals surface area contributed by atoms with Gasteiger partial charge in [-0.2, -0.15) is 0 Å². The van der Waals surface area contributed by atoms with Gasteiger partial charge in [0.2, 0.25) is 0 Å². The standard InChI is InChI=1S/C25H22N2O3S2/c1-16(2)26-23(28)19-10-8-18(9-11-19)21-13-12-20(30-21)14-22-24(29)27(25(31)32-22)15-17-6-4-3-5-7-17/h3-14,16H,15H2,1-2H3,(H,26,28)/b22-14+. The van der Waals surface area contributed by atoms with E-state index in [0.29, 0.717) is 32.9 Å². The Hall–Kier alpha value is -3.16. The molecule has 2 amide bonds. The molecule has 0 atom stereocenters. The first kappa shape index (κ1) is 22.0. The summed E-state index contributed by atoms with van der Waals surface area (Å²) in [5.41, 5.74) is 2.47. The molecule has 0 unspecified atom stereocenters. The van der Waals surface area contributed by atoms with Gasteiger partial charge in [-0.25, -0.2) is 0 Å². The van der Waals surface area contributed by atoms with Crippen LogP contribution in [0.4, 0.5) is 0 Å². The minimum Gasteiger partial charge on any atom is -0.457 e. The van der Waals surface area contributed by atoms with Gasteiger partial charge in [0.15, 0.2) is 0 Å². The highest BCUT2D eigenvalue weighted by Gasteiger charge is 2.32. The SMILES string of the molecule is CC(C)NC(=O)c1ccc(-c2ccc(/C=C3/SC(=S)N(Cc4ccccc4)C3=O)o2)cc1. The number of nitrogens with zero attached hydrogens (tertiary/aromatic N) is 1. The lowest BCUT2D eigenvalue weighted by atomic mass is 10.1. The van der Waals surface area contributed by atoms with E-state index < -0.39 is 0 Å². The van der Waals surface area contributed by atoms with Gasteiger partial charge in [0.05, 0.1) is 11.4 Å². The maximum Gasteiger partial charge on any atom is 0.266 e. The number of thioether (sulfide) groups is 1. The quantitative estimate of drug-likeness (QED) is 0.388. The number of thiocarbonyl (C=S) groups is 1. The van der Waals surface area contributed by atoms with Crippen LogP contribution in [0, 0.1) is 0 Å². The van der Waals surface area contributed by atoms with Crippen molar-refractivity contribution in [3.63, 3.8) is 0 Å². The molecule has 1 aliphatic heterocycles. The summed E-state index contributed by atoms with van der Waals surface area (Å²) in [7, 11) is 0. The highest BCUT2D eigenvalue weighted by Crippen LogP contribution is 2.34. The molecule has 1 aliphatic rings. The molecule has 0 bridgehead atoms. The Bertz CT molecular complexity index is 1180. The lowest BCUT2D eigenvalue weighted by Crippen LogP contribution is -2.29. The van der Waals surface area contributed by atoms with Crippen LogP contribution in [-0.2, 0) is 11.3 Å². The number of carbonyl (C=O) groups excluding carboxylic acids is 2. The molecule has 1 aromatic heterocycles. The van der Waals surface area contributed by atoms with E-state index in [0.717, 1.165) is 11.1 Å². The number of hydrogen-bond acceptors (Lipinski definition) is 5. The molecule has 1 saturated heterocycles. The van der Waals surface area contributed by atoms with Crippen molar-refractivity contribution in [3.8, 4) is 11.3 Å². The molecule has 0 spiro atoms. The van der Waals surface area contributed by atoms with Crippen LogP contribution in [0.5, 0.6) is 0 Å². The molecule has 1 N–H and O–H groups in total. The first-order valence-corrected chi connectivity index (χ1v) is 11.4. The molecule has 4 rings (SSSR count). The van der Waals surface area contributed by atoms with E-state index in [9.17, 15) is 9.59 Å². The number of benzene rings is 2. The van der Waals surface area contributed by atoms with Gasteiger partial charge in [0.25, 0.3) is 11.8 Å². The molecule has 0 radical (unpaired) electrons. The molecule has 7 heteroatoms. The molecule has 5 nitrogen and oxygen atoms in total. The van der Waals surface area contributed by atoms with Gasteiger partial charge < -0.3 is 9.73 Å². The Morgan fingerprint density at radius 3 is 2.50 bits per heavy atom. The van der Waals surface area contributed by atoms with Crippen LogP contribution in [0.25, 0.3) is 17.4 Å². The van der Waals surface area contributed by atoms with Gasteiger partial charge in [0, 0.05) is 23.2 Å². The molecule has 0 aliphatic carbocycles. The number of furan rings is 1. The van der Waals surface area contributed by atoms with Crippen molar-refractivity contribution in [1.82, 2.24) is 10.2 Å². The second-order valence-corrected chi connectivity index (χ2v) is 9.34. The normalized spacial score (nSPS) is 15.1. The Kier molecular flexibility index (Phi) is 6.58. The van der Waals surface area contributed by atoms with Crippen LogP contribution in [0.1, 0.15) is 35.5 Å². The molecule has 1 fully saturated rings. The van der Waals surface area contributed by atoms with Gasteiger partial charge in [-0.1, -0.05) is 66.4 Å². The summed E-state index contributed by atoms with van der Waals surface area (Å²) in [5.74, 6) is 1.00. The third-order valence-electron chi connectivity index (χ3n) is 4.81. The lowest BCUT2D eigenvalue weighted by molar-refractivity contribution is -0.122. The predicted molar refractivity (Wildman–Crippen MR) is 132 cm³/mol. The van der Waals surface area contributed by atoms with E-state index >= 15 is 0 Å². The van der Waals surface area contributed by atoms with Crippen LogP contribution in [0.2, 0.25) is 0 Å². The van der Waals surface area contributed by atoms with Gasteiger partial charge >= 0.3 is 0 Å². The van der Waals surface area contributed by atoms with Gasteiger partial charge in [-0.15, -0.1) is 0 Å². The highest BCUT2D eigenvalue weighted by atomic mass is 32.2. The summed E-state index contributed by atoms with van der Waals surface area (Å²) in [5, 5.41) is 2.87. The van der Waals surface area contributed by atoms with Gasteiger partial charge in [0.1, 0.15) is 15.8 Å². The maximum absolute atomic E-state index is 12.8. The van der Waals surface area contributed by atoms with Gasteiger partial charge in [-0.3, -0.25) is 14.5 Å². The monoisotopic (exact) mass is 462 g/mol. The Labute approximate surface area is 196 Å². The number of nitrogens with one attached hydrogen (secondary N) is 1. The van der Waals surface area contributed by atoms with Crippen molar-refractivity contribution in [2.45, 2.75) is 26.4 Å². The molecule has 162 valence electrons. The van der Waals surface area contributed by atoms with Crippen molar-refractivity contribution >= 4 is 46.2 Å². The molecule has 2 aromatic carbocycles. The zero-order valence-electron chi connectivity index (χ0n) is 17.7. The fraction of sp³-hybridized carbons (Fsp3) is 0.160. The second kappa shape index (κ2) is 9.54. The fourth-order valence-corrected chi connectivity index (χ4v) is 4.48. The zero-order chi connectivity index (χ0) is 22.7. The topological polar surface area (TPSA) is 62.6 Å². The smallest absolute Gasteiger partial charge is 0.266 e. The van der Waals surface area contributed by atoms with Crippen LogP contribution in [-0.4, -0.2) is 27.1 Å². The van der Waals surface area contributed by atoms with E-state index in [-0.39, 0.29) is 17.9 Å². The summed E-state index contributed by atoms with van der Waals surface area (Å²) in [6, 6.07) is 20.7. The molecular formula is C25H22N2O3S2. The first-order chi connectivity index (χ1) is 15.4. The number of carbonyl (C=O) groups is 2. The molecule has 0 saturated carbocycles. The van der Waals surface area contributed by atoms with Crippen LogP contribution < -0.4 is 5.32 Å². The fourth-order valence-electron chi connectivity index (χ4n) is 3.25. The van der Waals surface area contributed by atoms with Crippen LogP contribution in [0.3, 0.4) is 0 Å². The molecule has 3 aromatic rings. The number of hydrogen-bond donors (Lipinski definition) is 1. The van der Waals surface area contributed by atoms with Gasteiger partial charge in [-0.05, 0) is 43.7 Å². The first-order valence-electron chi connectivity index (χ1n) is 10.2. The summed E-state index contributed by atoms with van der Waals surface area (Å²) in [6.07, 6.45) is 1.72. The second-order valence-electron chi connectivity index (χ2n) is 7.66. The minimum atomic E-state index is -0.123. The van der Waals surface area contributed by atoms with E-state index in [4.69, 9.17) is 16.6 Å². The third-order valence-corrected chi connectivity index (χ3v) is 6.19. The average Bonchev–Trinajstić information content (AvgIpc) is 3.34. The highest BCUT2D eigenvalue weighted by molar-refractivity contribution is 8.26. The van der Waals surface area contributed by atoms with Crippen molar-refractivity contribution < 1.29 is 14.0 Å².